The molecule has 12 heavy (non-hydrogen) atoms. The number of amidine groups is 1. The van der Waals surface area contributed by atoms with Crippen molar-refractivity contribution in [3.63, 3.8) is 0 Å². The summed E-state index contributed by atoms with van der Waals surface area (Å²) in [6.45, 7) is -0.191. The fraction of sp³-hybridized carbons (Fsp3) is 0.250. The van der Waals surface area contributed by atoms with Crippen LogP contribution in [0.3, 0.4) is 0 Å². The SMILES string of the molecule is OCC1=NC2C=CC(F)=CC2=N1. The van der Waals surface area contributed by atoms with Gasteiger partial charge in [0.05, 0.1) is 5.71 Å². The minimum absolute atomic E-state index is 0.188. The molecule has 2 rings (SSSR count). The second kappa shape index (κ2) is 2.64. The van der Waals surface area contributed by atoms with Crippen molar-refractivity contribution in [1.29, 1.82) is 0 Å². The summed E-state index contributed by atoms with van der Waals surface area (Å²) in [5.74, 6) is 0.0463. The van der Waals surface area contributed by atoms with E-state index in [1.54, 1.807) is 6.08 Å². The van der Waals surface area contributed by atoms with Gasteiger partial charge in [-0.1, -0.05) is 6.08 Å². The van der Waals surface area contributed by atoms with Gasteiger partial charge in [0.25, 0.3) is 0 Å². The zero-order chi connectivity index (χ0) is 8.55. The Bertz CT molecular complexity index is 328. The fourth-order valence-electron chi connectivity index (χ4n) is 1.18. The molecule has 1 aliphatic heterocycles. The van der Waals surface area contributed by atoms with E-state index in [2.05, 4.69) is 9.98 Å². The zero-order valence-corrected chi connectivity index (χ0v) is 6.24. The highest BCUT2D eigenvalue weighted by Gasteiger charge is 2.21. The largest absolute Gasteiger partial charge is 0.388 e. The van der Waals surface area contributed by atoms with Crippen molar-refractivity contribution in [2.75, 3.05) is 6.61 Å². The van der Waals surface area contributed by atoms with E-state index in [1.165, 1.54) is 12.2 Å². The summed E-state index contributed by atoms with van der Waals surface area (Å²) < 4.78 is 12.6. The highest BCUT2D eigenvalue weighted by molar-refractivity contribution is 6.13. The van der Waals surface area contributed by atoms with Crippen LogP contribution in [0.15, 0.2) is 34.0 Å². The summed E-state index contributed by atoms with van der Waals surface area (Å²) in [6, 6.07) is -0.188. The van der Waals surface area contributed by atoms with Crippen LogP contribution in [0.2, 0.25) is 0 Å². The molecule has 0 amide bonds. The van der Waals surface area contributed by atoms with E-state index in [0.717, 1.165) is 0 Å². The first-order valence-corrected chi connectivity index (χ1v) is 3.61. The second-order valence-electron chi connectivity index (χ2n) is 2.57. The van der Waals surface area contributed by atoms with E-state index in [0.29, 0.717) is 11.5 Å². The molecule has 1 N–H and O–H groups in total. The molecule has 1 heterocycles. The van der Waals surface area contributed by atoms with Crippen LogP contribution in [0.5, 0.6) is 0 Å². The monoisotopic (exact) mass is 166 g/mol. The number of allylic oxidation sites excluding steroid dienone is 2. The first-order chi connectivity index (χ1) is 5.79. The Kier molecular flexibility index (Phi) is 1.62. The predicted molar refractivity (Wildman–Crippen MR) is 44.1 cm³/mol. The molecule has 0 saturated carbocycles. The van der Waals surface area contributed by atoms with Gasteiger partial charge in [0.1, 0.15) is 24.3 Å². The molecule has 62 valence electrons. The molecule has 0 saturated heterocycles. The standard InChI is InChI=1S/C8H7FN2O/c9-5-1-2-6-7(3-5)11-8(4-12)10-6/h1-3,6,12H,4H2. The van der Waals surface area contributed by atoms with E-state index in [-0.39, 0.29) is 18.5 Å². The average molecular weight is 166 g/mol. The molecule has 0 bridgehead atoms. The molecule has 3 nitrogen and oxygen atoms in total. The molecule has 0 aromatic rings. The number of hydrogen-bond donors (Lipinski definition) is 1. The normalized spacial score (nSPS) is 26.2. The lowest BCUT2D eigenvalue weighted by Gasteiger charge is -2.04. The summed E-state index contributed by atoms with van der Waals surface area (Å²) in [5.41, 5.74) is 0.569. The van der Waals surface area contributed by atoms with Crippen LogP contribution in [0.25, 0.3) is 0 Å². The summed E-state index contributed by atoms with van der Waals surface area (Å²) in [4.78, 5) is 7.96. The van der Waals surface area contributed by atoms with Crippen molar-refractivity contribution in [3.8, 4) is 0 Å². The Balaban J connectivity index is 2.32. The van der Waals surface area contributed by atoms with E-state index >= 15 is 0 Å². The molecule has 4 heteroatoms. The minimum atomic E-state index is -0.320. The molecule has 0 fully saturated rings. The van der Waals surface area contributed by atoms with Gasteiger partial charge in [-0.15, -0.1) is 0 Å². The van der Waals surface area contributed by atoms with E-state index in [4.69, 9.17) is 5.11 Å². The van der Waals surface area contributed by atoms with E-state index in [9.17, 15) is 4.39 Å². The van der Waals surface area contributed by atoms with Crippen molar-refractivity contribution in [2.45, 2.75) is 6.04 Å². The van der Waals surface area contributed by atoms with Gasteiger partial charge in [-0.2, -0.15) is 0 Å². The summed E-state index contributed by atoms with van der Waals surface area (Å²) in [5, 5.41) is 8.70. The fourth-order valence-corrected chi connectivity index (χ4v) is 1.18. The van der Waals surface area contributed by atoms with Gasteiger partial charge in [0.15, 0.2) is 0 Å². The van der Waals surface area contributed by atoms with Crippen LogP contribution >= 0.6 is 0 Å². The lowest BCUT2D eigenvalue weighted by Crippen LogP contribution is -2.12. The Labute approximate surface area is 68.7 Å². The van der Waals surface area contributed by atoms with Crippen LogP contribution in [0.4, 0.5) is 4.39 Å². The smallest absolute Gasteiger partial charge is 0.150 e. The van der Waals surface area contributed by atoms with E-state index < -0.39 is 0 Å². The highest BCUT2D eigenvalue weighted by Crippen LogP contribution is 2.16. The summed E-state index contributed by atoms with van der Waals surface area (Å²) in [7, 11) is 0. The van der Waals surface area contributed by atoms with Crippen molar-refractivity contribution in [1.82, 2.24) is 0 Å². The topological polar surface area (TPSA) is 45.0 Å². The van der Waals surface area contributed by atoms with Crippen molar-refractivity contribution in [3.05, 3.63) is 24.1 Å². The van der Waals surface area contributed by atoms with Gasteiger partial charge in [-0.05, 0) is 12.2 Å². The van der Waals surface area contributed by atoms with Gasteiger partial charge in [0, 0.05) is 0 Å². The maximum Gasteiger partial charge on any atom is 0.150 e. The third-order valence-corrected chi connectivity index (χ3v) is 1.71. The number of hydrogen-bond acceptors (Lipinski definition) is 3. The zero-order valence-electron chi connectivity index (χ0n) is 6.24. The third-order valence-electron chi connectivity index (χ3n) is 1.71. The second-order valence-corrected chi connectivity index (χ2v) is 2.57. The Hall–Kier alpha value is -1.29. The lowest BCUT2D eigenvalue weighted by atomic mass is 10.1. The van der Waals surface area contributed by atoms with Crippen LogP contribution in [0, 0.1) is 0 Å². The van der Waals surface area contributed by atoms with Crippen LogP contribution in [-0.2, 0) is 0 Å². The van der Waals surface area contributed by atoms with Gasteiger partial charge in [0.2, 0.25) is 0 Å². The summed E-state index contributed by atoms with van der Waals surface area (Å²) in [6.07, 6.45) is 4.31. The minimum Gasteiger partial charge on any atom is -0.388 e. The van der Waals surface area contributed by atoms with Crippen molar-refractivity contribution >= 4 is 11.5 Å². The van der Waals surface area contributed by atoms with Crippen molar-refractivity contribution in [2.24, 2.45) is 9.98 Å². The van der Waals surface area contributed by atoms with Gasteiger partial charge in [-0.3, -0.25) is 4.99 Å². The Morgan fingerprint density at radius 2 is 2.42 bits per heavy atom. The molecule has 0 aromatic heterocycles. The molecule has 0 spiro atoms. The molecule has 0 aromatic carbocycles. The summed E-state index contributed by atoms with van der Waals surface area (Å²) >= 11 is 0. The maximum absolute atomic E-state index is 12.6. The number of fused-ring (bicyclic) bond motifs is 1. The molecule has 1 unspecified atom stereocenters. The quantitative estimate of drug-likeness (QED) is 0.609. The number of nitrogens with zero attached hydrogens (tertiary/aromatic N) is 2. The Morgan fingerprint density at radius 3 is 3.17 bits per heavy atom. The molecule has 2 aliphatic rings. The number of aliphatic imine (C=N–C) groups is 2. The number of halogens is 1. The lowest BCUT2D eigenvalue weighted by molar-refractivity contribution is 0.356. The molecular weight excluding hydrogens is 159 g/mol. The number of aliphatic hydroxyl groups is 1. The third kappa shape index (κ3) is 1.10. The molecular formula is C8H7FN2O. The maximum atomic E-state index is 12.6. The Morgan fingerprint density at radius 1 is 1.58 bits per heavy atom. The highest BCUT2D eigenvalue weighted by atomic mass is 19.1. The first kappa shape index (κ1) is 7.36. The van der Waals surface area contributed by atoms with Crippen molar-refractivity contribution < 1.29 is 9.50 Å². The van der Waals surface area contributed by atoms with Gasteiger partial charge in [-0.25, -0.2) is 9.38 Å². The number of rotatable bonds is 1. The predicted octanol–water partition coefficient (Wildman–Crippen LogP) is 0.624. The van der Waals surface area contributed by atoms with E-state index in [1.807, 2.05) is 0 Å². The van der Waals surface area contributed by atoms with Crippen LogP contribution in [0.1, 0.15) is 0 Å². The van der Waals surface area contributed by atoms with Crippen LogP contribution < -0.4 is 0 Å². The first-order valence-electron chi connectivity index (χ1n) is 3.61. The number of aliphatic hydroxyl groups excluding tert-OH is 1. The van der Waals surface area contributed by atoms with Crippen LogP contribution in [-0.4, -0.2) is 29.3 Å². The molecule has 0 radical (unpaired) electrons. The van der Waals surface area contributed by atoms with Gasteiger partial charge >= 0.3 is 0 Å². The molecule has 1 aliphatic carbocycles. The van der Waals surface area contributed by atoms with Gasteiger partial charge < -0.3 is 5.11 Å². The average Bonchev–Trinajstić information content (AvgIpc) is 2.46. The molecule has 1 atom stereocenters.